The number of rotatable bonds is 5. The van der Waals surface area contributed by atoms with Crippen LogP contribution in [0.2, 0.25) is 0 Å². The molecule has 5 nitrogen and oxygen atoms in total. The first kappa shape index (κ1) is 12.8. The number of benzene rings is 1. The number of nitrogens with one attached hydrogen (secondary N) is 1. The highest BCUT2D eigenvalue weighted by Gasteiger charge is 2.01. The van der Waals surface area contributed by atoms with Gasteiger partial charge in [0.15, 0.2) is 0 Å². The molecule has 0 fully saturated rings. The van der Waals surface area contributed by atoms with Crippen LogP contribution < -0.4 is 10.1 Å². The van der Waals surface area contributed by atoms with E-state index in [4.69, 9.17) is 10.00 Å². The third-order valence-corrected chi connectivity index (χ3v) is 2.37. The number of hydrogen-bond donors (Lipinski definition) is 1. The van der Waals surface area contributed by atoms with E-state index in [1.54, 1.807) is 6.07 Å². The Kier molecular flexibility index (Phi) is 4.29. The molecule has 19 heavy (non-hydrogen) atoms. The van der Waals surface area contributed by atoms with Gasteiger partial charge in [-0.2, -0.15) is 5.26 Å². The van der Waals surface area contributed by atoms with Crippen molar-refractivity contribution in [1.82, 2.24) is 9.97 Å². The summed E-state index contributed by atoms with van der Waals surface area (Å²) < 4.78 is 5.53. The van der Waals surface area contributed by atoms with Crippen LogP contribution in [0.4, 0.5) is 5.95 Å². The molecule has 1 N–H and O–H groups in total. The molecule has 0 unspecified atom stereocenters. The Morgan fingerprint density at radius 3 is 2.79 bits per heavy atom. The van der Waals surface area contributed by atoms with E-state index in [9.17, 15) is 0 Å². The van der Waals surface area contributed by atoms with Crippen LogP contribution in [0.3, 0.4) is 0 Å². The molecule has 96 valence electrons. The number of nitrogens with zero attached hydrogens (tertiary/aromatic N) is 3. The number of para-hydroxylation sites is 1. The van der Waals surface area contributed by atoms with Crippen molar-refractivity contribution in [2.45, 2.75) is 6.92 Å². The Labute approximate surface area is 111 Å². The summed E-state index contributed by atoms with van der Waals surface area (Å²) >= 11 is 0. The van der Waals surface area contributed by atoms with Crippen LogP contribution in [0.1, 0.15) is 11.4 Å². The van der Waals surface area contributed by atoms with Gasteiger partial charge in [0.1, 0.15) is 24.1 Å². The van der Waals surface area contributed by atoms with Crippen LogP contribution in [-0.4, -0.2) is 23.1 Å². The third kappa shape index (κ3) is 3.96. The average molecular weight is 254 g/mol. The van der Waals surface area contributed by atoms with Gasteiger partial charge in [0.25, 0.3) is 0 Å². The van der Waals surface area contributed by atoms with Crippen molar-refractivity contribution < 1.29 is 4.74 Å². The zero-order chi connectivity index (χ0) is 13.5. The average Bonchev–Trinajstić information content (AvgIpc) is 2.44. The lowest BCUT2D eigenvalue weighted by molar-refractivity contribution is 0.332. The van der Waals surface area contributed by atoms with E-state index in [0.29, 0.717) is 24.8 Å². The fourth-order valence-electron chi connectivity index (χ4n) is 1.55. The predicted molar refractivity (Wildman–Crippen MR) is 71.9 cm³/mol. The van der Waals surface area contributed by atoms with E-state index in [-0.39, 0.29) is 0 Å². The van der Waals surface area contributed by atoms with Crippen LogP contribution in [-0.2, 0) is 0 Å². The highest BCUT2D eigenvalue weighted by atomic mass is 16.5. The lowest BCUT2D eigenvalue weighted by atomic mass is 10.3. The van der Waals surface area contributed by atoms with E-state index >= 15 is 0 Å². The van der Waals surface area contributed by atoms with Crippen LogP contribution in [0.15, 0.2) is 36.4 Å². The number of ether oxygens (including phenoxy) is 1. The normalized spacial score (nSPS) is 9.68. The minimum Gasteiger partial charge on any atom is -0.492 e. The molecule has 0 atom stereocenters. The Balaban J connectivity index is 1.83. The van der Waals surface area contributed by atoms with Gasteiger partial charge in [0.2, 0.25) is 5.95 Å². The first-order valence-corrected chi connectivity index (χ1v) is 5.95. The van der Waals surface area contributed by atoms with Crippen molar-refractivity contribution in [3.8, 4) is 11.8 Å². The summed E-state index contributed by atoms with van der Waals surface area (Å²) in [5.74, 6) is 1.28. The number of aryl methyl sites for hydroxylation is 1. The van der Waals surface area contributed by atoms with E-state index < -0.39 is 0 Å². The topological polar surface area (TPSA) is 70.8 Å². The second kappa shape index (κ2) is 6.36. The molecule has 0 saturated heterocycles. The Morgan fingerprint density at radius 1 is 1.26 bits per heavy atom. The summed E-state index contributed by atoms with van der Waals surface area (Å²) in [6.07, 6.45) is 0. The van der Waals surface area contributed by atoms with Gasteiger partial charge in [-0.05, 0) is 25.1 Å². The van der Waals surface area contributed by atoms with Crippen LogP contribution in [0, 0.1) is 18.3 Å². The third-order valence-electron chi connectivity index (χ3n) is 2.37. The van der Waals surface area contributed by atoms with Gasteiger partial charge in [0.05, 0.1) is 6.54 Å². The van der Waals surface area contributed by atoms with Gasteiger partial charge in [-0.1, -0.05) is 18.2 Å². The lowest BCUT2D eigenvalue weighted by Crippen LogP contribution is -2.14. The number of anilines is 1. The maximum Gasteiger partial charge on any atom is 0.224 e. The molecular formula is C14H14N4O. The second-order valence-electron chi connectivity index (χ2n) is 3.92. The molecule has 0 spiro atoms. The van der Waals surface area contributed by atoms with Crippen LogP contribution >= 0.6 is 0 Å². The van der Waals surface area contributed by atoms with E-state index in [1.165, 1.54) is 0 Å². The number of aromatic nitrogens is 2. The largest absolute Gasteiger partial charge is 0.492 e. The first-order valence-electron chi connectivity index (χ1n) is 5.95. The fraction of sp³-hybridized carbons (Fsp3) is 0.214. The smallest absolute Gasteiger partial charge is 0.224 e. The minimum atomic E-state index is 0.360. The molecule has 0 aliphatic heterocycles. The van der Waals surface area contributed by atoms with Crippen molar-refractivity contribution in [2.75, 3.05) is 18.5 Å². The van der Waals surface area contributed by atoms with Gasteiger partial charge < -0.3 is 10.1 Å². The molecular weight excluding hydrogens is 240 g/mol. The zero-order valence-electron chi connectivity index (χ0n) is 10.6. The standard InChI is InChI=1S/C14H14N4O/c1-11-9-12(10-15)18-14(17-11)16-7-8-19-13-5-3-2-4-6-13/h2-6,9H,7-8H2,1H3,(H,16,17,18). The van der Waals surface area contributed by atoms with Crippen LogP contribution in [0.5, 0.6) is 5.75 Å². The summed E-state index contributed by atoms with van der Waals surface area (Å²) in [5.41, 5.74) is 1.12. The Hall–Kier alpha value is -2.61. The lowest BCUT2D eigenvalue weighted by Gasteiger charge is -2.07. The molecule has 0 radical (unpaired) electrons. The van der Waals surface area contributed by atoms with Gasteiger partial charge in [-0.3, -0.25) is 0 Å². The highest BCUT2D eigenvalue weighted by Crippen LogP contribution is 2.08. The minimum absolute atomic E-state index is 0.360. The summed E-state index contributed by atoms with van der Waals surface area (Å²) in [6.45, 7) is 2.90. The molecule has 0 aliphatic carbocycles. The SMILES string of the molecule is Cc1cc(C#N)nc(NCCOc2ccccc2)n1. The molecule has 1 aromatic carbocycles. The van der Waals surface area contributed by atoms with Gasteiger partial charge in [-0.15, -0.1) is 0 Å². The quantitative estimate of drug-likeness (QED) is 0.828. The van der Waals surface area contributed by atoms with E-state index in [1.807, 2.05) is 43.3 Å². The molecule has 0 amide bonds. The molecule has 0 bridgehead atoms. The molecule has 0 saturated carbocycles. The predicted octanol–water partition coefficient (Wildman–Crippen LogP) is 2.15. The number of hydrogen-bond acceptors (Lipinski definition) is 5. The molecule has 1 heterocycles. The van der Waals surface area contributed by atoms with Crippen molar-refractivity contribution in [3.63, 3.8) is 0 Å². The molecule has 2 rings (SSSR count). The molecule has 1 aromatic heterocycles. The summed E-state index contributed by atoms with van der Waals surface area (Å²) in [6, 6.07) is 13.2. The second-order valence-corrected chi connectivity index (χ2v) is 3.92. The van der Waals surface area contributed by atoms with E-state index in [0.717, 1.165) is 11.4 Å². The first-order chi connectivity index (χ1) is 9.28. The molecule has 2 aromatic rings. The maximum absolute atomic E-state index is 8.81. The summed E-state index contributed by atoms with van der Waals surface area (Å²) in [4.78, 5) is 8.26. The van der Waals surface area contributed by atoms with Crippen molar-refractivity contribution in [1.29, 1.82) is 5.26 Å². The van der Waals surface area contributed by atoms with Gasteiger partial charge in [-0.25, -0.2) is 9.97 Å². The summed E-state index contributed by atoms with van der Waals surface area (Å²) in [7, 11) is 0. The van der Waals surface area contributed by atoms with Crippen LogP contribution in [0.25, 0.3) is 0 Å². The molecule has 5 heteroatoms. The van der Waals surface area contributed by atoms with Crippen molar-refractivity contribution >= 4 is 5.95 Å². The maximum atomic E-state index is 8.81. The Morgan fingerprint density at radius 2 is 2.05 bits per heavy atom. The monoisotopic (exact) mass is 254 g/mol. The fourth-order valence-corrected chi connectivity index (χ4v) is 1.55. The molecule has 0 aliphatic rings. The van der Waals surface area contributed by atoms with Crippen molar-refractivity contribution in [2.24, 2.45) is 0 Å². The van der Waals surface area contributed by atoms with E-state index in [2.05, 4.69) is 15.3 Å². The van der Waals surface area contributed by atoms with Crippen molar-refractivity contribution in [3.05, 3.63) is 47.8 Å². The van der Waals surface area contributed by atoms with Gasteiger partial charge in [0, 0.05) is 5.69 Å². The zero-order valence-corrected chi connectivity index (χ0v) is 10.6. The Bertz CT molecular complexity index is 578. The number of nitriles is 1. The highest BCUT2D eigenvalue weighted by molar-refractivity contribution is 5.32. The van der Waals surface area contributed by atoms with Gasteiger partial charge >= 0.3 is 0 Å². The summed E-state index contributed by atoms with van der Waals surface area (Å²) in [5, 5.41) is 11.8.